The molecular weight excluding hydrogens is 438 g/mol. The Bertz CT molecular complexity index is 1200. The number of anilines is 1. The molecule has 0 aliphatic carbocycles. The van der Waals surface area contributed by atoms with Gasteiger partial charge < -0.3 is 9.47 Å². The number of aryl methyl sites for hydroxylation is 3. The van der Waals surface area contributed by atoms with Crippen LogP contribution >= 0.6 is 0 Å². The summed E-state index contributed by atoms with van der Waals surface area (Å²) in [5.41, 5.74) is 3.19. The molecule has 174 valence electrons. The normalized spacial score (nSPS) is 11.2. The highest BCUT2D eigenvalue weighted by atomic mass is 32.2. The van der Waals surface area contributed by atoms with Crippen LogP contribution in [0.4, 0.5) is 5.69 Å². The summed E-state index contributed by atoms with van der Waals surface area (Å²) in [5.74, 6) is 0.761. The van der Waals surface area contributed by atoms with Crippen LogP contribution in [0.5, 0.6) is 11.5 Å². The first-order valence-corrected chi connectivity index (χ1v) is 12.2. The van der Waals surface area contributed by atoms with Crippen LogP contribution in [0.2, 0.25) is 0 Å². The summed E-state index contributed by atoms with van der Waals surface area (Å²) in [5, 5.41) is 0. The lowest BCUT2D eigenvalue weighted by atomic mass is 10.2. The van der Waals surface area contributed by atoms with Crippen molar-refractivity contribution in [2.45, 2.75) is 38.5 Å². The summed E-state index contributed by atoms with van der Waals surface area (Å²) in [6.45, 7) is 6.05. The number of ether oxygens (including phenoxy) is 2. The minimum absolute atomic E-state index is 0.217. The lowest BCUT2D eigenvalue weighted by molar-refractivity contribution is -0.134. The van der Waals surface area contributed by atoms with Crippen LogP contribution in [0.25, 0.3) is 0 Å². The van der Waals surface area contributed by atoms with Gasteiger partial charge in [0.15, 0.2) is 0 Å². The van der Waals surface area contributed by atoms with Gasteiger partial charge in [-0.1, -0.05) is 29.8 Å². The van der Waals surface area contributed by atoms with Crippen molar-refractivity contribution in [3.05, 3.63) is 83.4 Å². The van der Waals surface area contributed by atoms with E-state index in [1.165, 1.54) is 11.4 Å². The highest BCUT2D eigenvalue weighted by molar-refractivity contribution is 7.92. The summed E-state index contributed by atoms with van der Waals surface area (Å²) in [6.07, 6.45) is 0.746. The molecule has 0 saturated heterocycles. The van der Waals surface area contributed by atoms with E-state index in [2.05, 4.69) is 0 Å². The van der Waals surface area contributed by atoms with Gasteiger partial charge in [-0.3, -0.25) is 9.10 Å². The number of carbonyl (C=O) groups is 1. The zero-order valence-electron chi connectivity index (χ0n) is 19.4. The van der Waals surface area contributed by atoms with Crippen molar-refractivity contribution in [3.63, 3.8) is 0 Å². The average molecular weight is 468 g/mol. The van der Waals surface area contributed by atoms with Crippen molar-refractivity contribution < 1.29 is 22.7 Å². The predicted octanol–water partition coefficient (Wildman–Crippen LogP) is 5.20. The van der Waals surface area contributed by atoms with Crippen molar-refractivity contribution in [1.82, 2.24) is 0 Å². The maximum absolute atomic E-state index is 13.1. The molecular formula is C26H29NO5S. The Kier molecular flexibility index (Phi) is 7.76. The first-order valence-electron chi connectivity index (χ1n) is 10.7. The van der Waals surface area contributed by atoms with Gasteiger partial charge in [0.1, 0.15) is 11.5 Å². The van der Waals surface area contributed by atoms with Crippen LogP contribution in [-0.4, -0.2) is 28.0 Å². The van der Waals surface area contributed by atoms with Crippen LogP contribution in [0.15, 0.2) is 71.6 Å². The Hall–Kier alpha value is -3.32. The third-order valence-corrected chi connectivity index (χ3v) is 7.16. The van der Waals surface area contributed by atoms with E-state index in [0.717, 1.165) is 16.9 Å². The molecule has 0 fully saturated rings. The molecule has 6 nitrogen and oxygen atoms in total. The number of esters is 1. The molecule has 0 heterocycles. The van der Waals surface area contributed by atoms with Crippen LogP contribution < -0.4 is 13.8 Å². The molecule has 3 rings (SSSR count). The zero-order chi connectivity index (χ0) is 24.0. The van der Waals surface area contributed by atoms with Crippen LogP contribution in [0.3, 0.4) is 0 Å². The second kappa shape index (κ2) is 10.5. The molecule has 3 aromatic carbocycles. The van der Waals surface area contributed by atoms with E-state index in [1.54, 1.807) is 43.3 Å². The maximum atomic E-state index is 13.1. The van der Waals surface area contributed by atoms with Crippen molar-refractivity contribution in [3.8, 4) is 11.5 Å². The quantitative estimate of drug-likeness (QED) is 0.246. The van der Waals surface area contributed by atoms with E-state index < -0.39 is 10.0 Å². The summed E-state index contributed by atoms with van der Waals surface area (Å²) < 4.78 is 38.3. The number of hydrogen-bond donors (Lipinski definition) is 0. The van der Waals surface area contributed by atoms with Crippen LogP contribution in [0, 0.1) is 20.8 Å². The Morgan fingerprint density at radius 3 is 2.12 bits per heavy atom. The number of nitrogens with zero attached hydrogens (tertiary/aromatic N) is 1. The van der Waals surface area contributed by atoms with Crippen molar-refractivity contribution in [2.24, 2.45) is 0 Å². The molecule has 3 aromatic rings. The number of rotatable bonds is 9. The van der Waals surface area contributed by atoms with Gasteiger partial charge in [0, 0.05) is 13.5 Å². The molecule has 0 aromatic heterocycles. The van der Waals surface area contributed by atoms with E-state index >= 15 is 0 Å². The lowest BCUT2D eigenvalue weighted by Crippen LogP contribution is -2.27. The van der Waals surface area contributed by atoms with Gasteiger partial charge in [-0.25, -0.2) is 8.42 Å². The smallest absolute Gasteiger partial charge is 0.311 e. The molecule has 0 amide bonds. The molecule has 0 atom stereocenters. The third-order valence-electron chi connectivity index (χ3n) is 5.23. The highest BCUT2D eigenvalue weighted by Crippen LogP contribution is 2.27. The van der Waals surface area contributed by atoms with Gasteiger partial charge in [0.05, 0.1) is 17.2 Å². The van der Waals surface area contributed by atoms with Gasteiger partial charge in [-0.05, 0) is 80.8 Å². The van der Waals surface area contributed by atoms with Crippen LogP contribution in [0.1, 0.15) is 29.5 Å². The summed E-state index contributed by atoms with van der Waals surface area (Å²) in [4.78, 5) is 12.4. The van der Waals surface area contributed by atoms with E-state index in [9.17, 15) is 13.2 Å². The molecule has 7 heteroatoms. The van der Waals surface area contributed by atoms with Gasteiger partial charge in [0.25, 0.3) is 10.0 Å². The second-order valence-corrected chi connectivity index (χ2v) is 9.91. The van der Waals surface area contributed by atoms with Gasteiger partial charge in [-0.2, -0.15) is 0 Å². The average Bonchev–Trinajstić information content (AvgIpc) is 2.79. The largest absolute Gasteiger partial charge is 0.494 e. The fourth-order valence-electron chi connectivity index (χ4n) is 3.22. The second-order valence-electron chi connectivity index (χ2n) is 7.97. The van der Waals surface area contributed by atoms with Gasteiger partial charge >= 0.3 is 5.97 Å². The molecule has 0 aliphatic heterocycles. The molecule has 0 N–H and O–H groups in total. The van der Waals surface area contributed by atoms with E-state index in [-0.39, 0.29) is 17.3 Å². The molecule has 0 saturated carbocycles. The molecule has 0 unspecified atom stereocenters. The monoisotopic (exact) mass is 467 g/mol. The Morgan fingerprint density at radius 2 is 1.45 bits per heavy atom. The summed E-state index contributed by atoms with van der Waals surface area (Å²) in [6, 6.07) is 19.5. The molecule has 0 aliphatic rings. The van der Waals surface area contributed by atoms with E-state index in [1.807, 2.05) is 44.2 Å². The fourth-order valence-corrected chi connectivity index (χ4v) is 4.72. The number of benzene rings is 3. The van der Waals surface area contributed by atoms with Crippen LogP contribution in [-0.2, 0) is 14.8 Å². The SMILES string of the molecule is Cc1ccc(OCCCC(=O)Oc2ccc(N(C)S(=O)(=O)c3cc(C)ccc3C)cc2)cc1. The van der Waals surface area contributed by atoms with Crippen molar-refractivity contribution in [2.75, 3.05) is 18.0 Å². The van der Waals surface area contributed by atoms with Crippen molar-refractivity contribution in [1.29, 1.82) is 0 Å². The van der Waals surface area contributed by atoms with Gasteiger partial charge in [0.2, 0.25) is 0 Å². The summed E-state index contributed by atoms with van der Waals surface area (Å²) >= 11 is 0. The first-order chi connectivity index (χ1) is 15.7. The molecule has 0 bridgehead atoms. The number of carbonyl (C=O) groups excluding carboxylic acids is 1. The number of sulfonamides is 1. The standard InChI is InChI=1S/C26H29NO5S/c1-19-8-13-23(14-9-19)31-17-5-6-26(28)32-24-15-11-22(12-16-24)27(4)33(29,30)25-18-20(2)7-10-21(25)3/h7-16,18H,5-6,17H2,1-4H3. The fraction of sp³-hybridized carbons (Fsp3) is 0.269. The Balaban J connectivity index is 1.54. The first kappa shape index (κ1) is 24.3. The van der Waals surface area contributed by atoms with Crippen molar-refractivity contribution >= 4 is 21.7 Å². The van der Waals surface area contributed by atoms with E-state index in [0.29, 0.717) is 30.0 Å². The Morgan fingerprint density at radius 1 is 0.848 bits per heavy atom. The highest BCUT2D eigenvalue weighted by Gasteiger charge is 2.23. The topological polar surface area (TPSA) is 72.9 Å². The minimum atomic E-state index is -3.71. The lowest BCUT2D eigenvalue weighted by Gasteiger charge is -2.21. The maximum Gasteiger partial charge on any atom is 0.311 e. The number of hydrogen-bond acceptors (Lipinski definition) is 5. The predicted molar refractivity (Wildman–Crippen MR) is 129 cm³/mol. The Labute approximate surface area is 195 Å². The third kappa shape index (κ3) is 6.35. The minimum Gasteiger partial charge on any atom is -0.494 e. The molecule has 33 heavy (non-hydrogen) atoms. The molecule has 0 spiro atoms. The van der Waals surface area contributed by atoms with E-state index in [4.69, 9.17) is 9.47 Å². The summed E-state index contributed by atoms with van der Waals surface area (Å²) in [7, 11) is -2.20. The zero-order valence-corrected chi connectivity index (χ0v) is 20.2. The van der Waals surface area contributed by atoms with Gasteiger partial charge in [-0.15, -0.1) is 0 Å². The molecule has 0 radical (unpaired) electrons.